The van der Waals surface area contributed by atoms with Gasteiger partial charge in [-0.3, -0.25) is 4.79 Å². The first kappa shape index (κ1) is 16.2. The van der Waals surface area contributed by atoms with Gasteiger partial charge in [-0.05, 0) is 45.4 Å². The molecular formula is C17H22FN3O. The third kappa shape index (κ3) is 3.35. The van der Waals surface area contributed by atoms with E-state index < -0.39 is 0 Å². The third-order valence-electron chi connectivity index (χ3n) is 3.38. The first-order valence-corrected chi connectivity index (χ1v) is 7.59. The maximum atomic E-state index is 13.5. The van der Waals surface area contributed by atoms with Gasteiger partial charge in [0, 0.05) is 6.04 Å². The zero-order chi connectivity index (χ0) is 16.3. The molecule has 2 rings (SSSR count). The molecule has 1 N–H and O–H groups in total. The maximum Gasteiger partial charge on any atom is 0.255 e. The van der Waals surface area contributed by atoms with E-state index in [4.69, 9.17) is 0 Å². The lowest BCUT2D eigenvalue weighted by Crippen LogP contribution is -2.31. The van der Waals surface area contributed by atoms with Gasteiger partial charge in [0.05, 0.1) is 22.6 Å². The van der Waals surface area contributed by atoms with Crippen molar-refractivity contribution in [3.05, 3.63) is 47.0 Å². The molecule has 118 valence electrons. The van der Waals surface area contributed by atoms with E-state index in [2.05, 4.69) is 10.4 Å². The van der Waals surface area contributed by atoms with Crippen molar-refractivity contribution in [3.8, 4) is 5.69 Å². The lowest BCUT2D eigenvalue weighted by molar-refractivity contribution is 0.0941. The fourth-order valence-electron chi connectivity index (χ4n) is 2.46. The number of rotatable bonds is 5. The molecule has 1 aromatic carbocycles. The smallest absolute Gasteiger partial charge is 0.255 e. The summed E-state index contributed by atoms with van der Waals surface area (Å²) in [5, 5.41) is 7.44. The molecule has 0 aliphatic rings. The minimum absolute atomic E-state index is 0.0545. The predicted molar refractivity (Wildman–Crippen MR) is 84.9 cm³/mol. The minimum Gasteiger partial charge on any atom is -0.350 e. The summed E-state index contributed by atoms with van der Waals surface area (Å²) in [5.74, 6) is -0.448. The van der Waals surface area contributed by atoms with Crippen molar-refractivity contribution in [2.45, 2.75) is 46.6 Å². The standard InChI is InChI=1S/C17H22FN3O/c1-5-7-15-16(17(22)19-11(2)3)12(4)21(20-15)14-9-6-8-13(18)10-14/h6,8-11H,5,7H2,1-4H3,(H,19,22). The topological polar surface area (TPSA) is 46.9 Å². The second-order valence-corrected chi connectivity index (χ2v) is 5.68. The van der Waals surface area contributed by atoms with Gasteiger partial charge in [0.1, 0.15) is 5.82 Å². The van der Waals surface area contributed by atoms with Gasteiger partial charge in [-0.2, -0.15) is 5.10 Å². The van der Waals surface area contributed by atoms with Crippen LogP contribution in [0.3, 0.4) is 0 Å². The monoisotopic (exact) mass is 303 g/mol. The summed E-state index contributed by atoms with van der Waals surface area (Å²) in [6, 6.07) is 6.28. The summed E-state index contributed by atoms with van der Waals surface area (Å²) in [7, 11) is 0. The lowest BCUT2D eigenvalue weighted by atomic mass is 10.1. The molecule has 22 heavy (non-hydrogen) atoms. The largest absolute Gasteiger partial charge is 0.350 e. The molecule has 0 unspecified atom stereocenters. The normalized spacial score (nSPS) is 11.0. The van der Waals surface area contributed by atoms with Gasteiger partial charge in [-0.15, -0.1) is 0 Å². The molecule has 5 heteroatoms. The van der Waals surface area contributed by atoms with E-state index in [1.54, 1.807) is 16.8 Å². The number of carbonyl (C=O) groups is 1. The van der Waals surface area contributed by atoms with Crippen LogP contribution in [0.4, 0.5) is 4.39 Å². The summed E-state index contributed by atoms with van der Waals surface area (Å²) in [6.07, 6.45) is 1.60. The van der Waals surface area contributed by atoms with Crippen LogP contribution < -0.4 is 5.32 Å². The van der Waals surface area contributed by atoms with Crippen LogP contribution in [0.15, 0.2) is 24.3 Å². The molecule has 0 aliphatic carbocycles. The van der Waals surface area contributed by atoms with Crippen LogP contribution in [0.5, 0.6) is 0 Å². The molecule has 2 aromatic rings. The molecule has 0 saturated carbocycles. The van der Waals surface area contributed by atoms with Crippen LogP contribution in [0, 0.1) is 12.7 Å². The van der Waals surface area contributed by atoms with Gasteiger partial charge >= 0.3 is 0 Å². The van der Waals surface area contributed by atoms with Gasteiger partial charge in [-0.25, -0.2) is 9.07 Å². The molecule has 1 aromatic heterocycles. The van der Waals surface area contributed by atoms with Crippen LogP contribution in [0.1, 0.15) is 48.9 Å². The number of amides is 1. The van der Waals surface area contributed by atoms with Gasteiger partial charge < -0.3 is 5.32 Å². The average Bonchev–Trinajstić information content (AvgIpc) is 2.75. The SMILES string of the molecule is CCCc1nn(-c2cccc(F)c2)c(C)c1C(=O)NC(C)C. The Labute approximate surface area is 130 Å². The number of aryl methyl sites for hydroxylation is 1. The summed E-state index contributed by atoms with van der Waals surface area (Å²) in [4.78, 5) is 12.4. The summed E-state index contributed by atoms with van der Waals surface area (Å²) in [5.41, 5.74) is 2.70. The van der Waals surface area contributed by atoms with E-state index in [-0.39, 0.29) is 17.8 Å². The lowest BCUT2D eigenvalue weighted by Gasteiger charge is -2.09. The molecule has 0 fully saturated rings. The highest BCUT2D eigenvalue weighted by atomic mass is 19.1. The Balaban J connectivity index is 2.51. The van der Waals surface area contributed by atoms with Gasteiger partial charge in [0.25, 0.3) is 5.91 Å². The van der Waals surface area contributed by atoms with Crippen molar-refractivity contribution in [1.82, 2.24) is 15.1 Å². The molecule has 0 aliphatic heterocycles. The van der Waals surface area contributed by atoms with Crippen LogP contribution in [-0.4, -0.2) is 21.7 Å². The molecule has 0 bridgehead atoms. The van der Waals surface area contributed by atoms with Crippen molar-refractivity contribution in [2.75, 3.05) is 0 Å². The highest BCUT2D eigenvalue weighted by Gasteiger charge is 2.21. The predicted octanol–water partition coefficient (Wildman–Crippen LogP) is 3.41. The first-order chi connectivity index (χ1) is 10.4. The van der Waals surface area contributed by atoms with Gasteiger partial charge in [0.2, 0.25) is 0 Å². The van der Waals surface area contributed by atoms with Crippen LogP contribution in [-0.2, 0) is 6.42 Å². The van der Waals surface area contributed by atoms with E-state index in [1.165, 1.54) is 12.1 Å². The minimum atomic E-state index is -0.322. The number of hydrogen-bond acceptors (Lipinski definition) is 2. The zero-order valence-corrected chi connectivity index (χ0v) is 13.5. The Kier molecular flexibility index (Phi) is 4.96. The Morgan fingerprint density at radius 1 is 1.41 bits per heavy atom. The van der Waals surface area contributed by atoms with Crippen molar-refractivity contribution < 1.29 is 9.18 Å². The molecule has 0 spiro atoms. The second kappa shape index (κ2) is 6.73. The van der Waals surface area contributed by atoms with Crippen molar-refractivity contribution in [2.24, 2.45) is 0 Å². The third-order valence-corrected chi connectivity index (χ3v) is 3.38. The maximum absolute atomic E-state index is 13.5. The van der Waals surface area contributed by atoms with E-state index in [0.717, 1.165) is 17.8 Å². The molecule has 1 amide bonds. The van der Waals surface area contributed by atoms with E-state index in [1.807, 2.05) is 27.7 Å². The summed E-state index contributed by atoms with van der Waals surface area (Å²) in [6.45, 7) is 7.72. The van der Waals surface area contributed by atoms with E-state index >= 15 is 0 Å². The number of halogens is 1. The average molecular weight is 303 g/mol. The fourth-order valence-corrected chi connectivity index (χ4v) is 2.46. The van der Waals surface area contributed by atoms with Crippen LogP contribution >= 0.6 is 0 Å². The van der Waals surface area contributed by atoms with Crippen molar-refractivity contribution in [3.63, 3.8) is 0 Å². The number of aromatic nitrogens is 2. The molecular weight excluding hydrogens is 281 g/mol. The van der Waals surface area contributed by atoms with Crippen LogP contribution in [0.2, 0.25) is 0 Å². The van der Waals surface area contributed by atoms with Crippen molar-refractivity contribution in [1.29, 1.82) is 0 Å². The Bertz CT molecular complexity index is 677. The Morgan fingerprint density at radius 2 is 2.14 bits per heavy atom. The summed E-state index contributed by atoms with van der Waals surface area (Å²) >= 11 is 0. The number of benzene rings is 1. The number of nitrogens with zero attached hydrogens (tertiary/aromatic N) is 2. The summed E-state index contributed by atoms with van der Waals surface area (Å²) < 4.78 is 15.1. The molecule has 0 atom stereocenters. The molecule has 1 heterocycles. The first-order valence-electron chi connectivity index (χ1n) is 7.59. The Hall–Kier alpha value is -2.17. The number of carbonyl (C=O) groups excluding carboxylic acids is 1. The quantitative estimate of drug-likeness (QED) is 0.920. The van der Waals surface area contributed by atoms with Gasteiger partial charge in [0.15, 0.2) is 0 Å². The number of nitrogens with one attached hydrogen (secondary N) is 1. The molecule has 4 nitrogen and oxygen atoms in total. The molecule has 0 radical (unpaired) electrons. The van der Waals surface area contributed by atoms with E-state index in [9.17, 15) is 9.18 Å². The second-order valence-electron chi connectivity index (χ2n) is 5.68. The highest BCUT2D eigenvalue weighted by Crippen LogP contribution is 2.20. The van der Waals surface area contributed by atoms with Crippen molar-refractivity contribution >= 4 is 5.91 Å². The molecule has 0 saturated heterocycles. The zero-order valence-electron chi connectivity index (χ0n) is 13.5. The highest BCUT2D eigenvalue weighted by molar-refractivity contribution is 5.96. The fraction of sp³-hybridized carbons (Fsp3) is 0.412. The van der Waals surface area contributed by atoms with Crippen LogP contribution in [0.25, 0.3) is 5.69 Å². The Morgan fingerprint density at radius 3 is 2.73 bits per heavy atom. The number of hydrogen-bond donors (Lipinski definition) is 1. The van der Waals surface area contributed by atoms with E-state index in [0.29, 0.717) is 17.7 Å². The van der Waals surface area contributed by atoms with Gasteiger partial charge in [-0.1, -0.05) is 19.4 Å².